The third kappa shape index (κ3) is 1.43. The minimum atomic E-state index is 1.08. The molecule has 0 radical (unpaired) electrons. The van der Waals surface area contributed by atoms with Crippen molar-refractivity contribution in [2.45, 2.75) is 0 Å². The van der Waals surface area contributed by atoms with Crippen LogP contribution in [-0.4, -0.2) is 0 Å². The van der Waals surface area contributed by atoms with Crippen molar-refractivity contribution in [2.75, 3.05) is 5.32 Å². The van der Waals surface area contributed by atoms with Gasteiger partial charge in [-0.25, -0.2) is 0 Å². The molecule has 0 unspecified atom stereocenters. The molecule has 0 amide bonds. The molecule has 0 saturated carbocycles. The van der Waals surface area contributed by atoms with E-state index >= 15 is 0 Å². The standard InChI is InChI=1S/C10H8BrN/c11-9-5-6-12-10-4-2-1-3-8(10)7-9/h1-7,12H. The fourth-order valence-corrected chi connectivity index (χ4v) is 1.54. The summed E-state index contributed by atoms with van der Waals surface area (Å²) in [6.07, 6.45) is 6.00. The van der Waals surface area contributed by atoms with E-state index in [2.05, 4.69) is 39.5 Å². The van der Waals surface area contributed by atoms with Crippen molar-refractivity contribution in [1.29, 1.82) is 0 Å². The van der Waals surface area contributed by atoms with Gasteiger partial charge < -0.3 is 5.32 Å². The molecule has 1 N–H and O–H groups in total. The molecular formula is C10H8BrN. The van der Waals surface area contributed by atoms with Gasteiger partial charge in [-0.2, -0.15) is 0 Å². The molecule has 1 aliphatic rings. The predicted molar refractivity (Wildman–Crippen MR) is 56.1 cm³/mol. The Morgan fingerprint density at radius 1 is 1.17 bits per heavy atom. The number of anilines is 1. The zero-order chi connectivity index (χ0) is 8.39. The van der Waals surface area contributed by atoms with Gasteiger partial charge in [-0.3, -0.25) is 0 Å². The highest BCUT2D eigenvalue weighted by Gasteiger charge is 1.99. The van der Waals surface area contributed by atoms with Crippen LogP contribution in [0.15, 0.2) is 41.0 Å². The first kappa shape index (κ1) is 7.62. The first-order chi connectivity index (χ1) is 5.86. The Hall–Kier alpha value is -1.02. The van der Waals surface area contributed by atoms with Crippen LogP contribution in [0.1, 0.15) is 5.56 Å². The van der Waals surface area contributed by atoms with Crippen molar-refractivity contribution < 1.29 is 0 Å². The number of hydrogen-bond donors (Lipinski definition) is 1. The normalized spacial score (nSPS) is 14.2. The molecule has 0 saturated heterocycles. The molecule has 1 nitrogen and oxygen atoms in total. The van der Waals surface area contributed by atoms with E-state index in [0.29, 0.717) is 0 Å². The molecule has 12 heavy (non-hydrogen) atoms. The zero-order valence-corrected chi connectivity index (χ0v) is 8.01. The maximum atomic E-state index is 3.44. The van der Waals surface area contributed by atoms with Crippen LogP contribution < -0.4 is 5.32 Å². The van der Waals surface area contributed by atoms with Crippen molar-refractivity contribution in [3.05, 3.63) is 46.6 Å². The third-order valence-electron chi connectivity index (χ3n) is 1.74. The number of rotatable bonds is 0. The molecule has 1 aromatic carbocycles. The Morgan fingerprint density at radius 3 is 2.92 bits per heavy atom. The Labute approximate surface area is 79.9 Å². The van der Waals surface area contributed by atoms with Gasteiger partial charge in [-0.05, 0) is 23.8 Å². The first-order valence-electron chi connectivity index (χ1n) is 3.75. The highest BCUT2D eigenvalue weighted by atomic mass is 79.9. The summed E-state index contributed by atoms with van der Waals surface area (Å²) < 4.78 is 1.08. The van der Waals surface area contributed by atoms with Crippen molar-refractivity contribution in [3.63, 3.8) is 0 Å². The molecule has 0 aliphatic carbocycles. The summed E-state index contributed by atoms with van der Waals surface area (Å²) in [5, 5.41) is 3.19. The smallest absolute Gasteiger partial charge is 0.0453 e. The van der Waals surface area contributed by atoms with E-state index in [0.717, 1.165) is 10.2 Å². The van der Waals surface area contributed by atoms with Crippen molar-refractivity contribution >= 4 is 27.7 Å². The van der Waals surface area contributed by atoms with Crippen molar-refractivity contribution in [2.24, 2.45) is 0 Å². The minimum absolute atomic E-state index is 1.08. The fraction of sp³-hybridized carbons (Fsp3) is 0. The summed E-state index contributed by atoms with van der Waals surface area (Å²) in [4.78, 5) is 0. The van der Waals surface area contributed by atoms with Gasteiger partial charge >= 0.3 is 0 Å². The van der Waals surface area contributed by atoms with Crippen LogP contribution >= 0.6 is 15.9 Å². The van der Waals surface area contributed by atoms with Crippen molar-refractivity contribution in [1.82, 2.24) is 0 Å². The monoisotopic (exact) mass is 221 g/mol. The predicted octanol–water partition coefficient (Wildman–Crippen LogP) is 3.36. The lowest BCUT2D eigenvalue weighted by atomic mass is 10.2. The molecule has 0 aromatic heterocycles. The van der Waals surface area contributed by atoms with Gasteiger partial charge in [0.1, 0.15) is 0 Å². The molecule has 60 valence electrons. The molecule has 0 fully saturated rings. The van der Waals surface area contributed by atoms with Crippen LogP contribution in [0.25, 0.3) is 6.08 Å². The van der Waals surface area contributed by atoms with Crippen LogP contribution in [-0.2, 0) is 0 Å². The van der Waals surface area contributed by atoms with E-state index < -0.39 is 0 Å². The third-order valence-corrected chi connectivity index (χ3v) is 2.23. The van der Waals surface area contributed by atoms with Gasteiger partial charge in [-0.15, -0.1) is 0 Å². The summed E-state index contributed by atoms with van der Waals surface area (Å²) in [6, 6.07) is 8.19. The SMILES string of the molecule is BrC1=Cc2ccccc2NC=C1. The summed E-state index contributed by atoms with van der Waals surface area (Å²) in [5.74, 6) is 0. The second-order valence-corrected chi connectivity index (χ2v) is 3.51. The number of para-hydroxylation sites is 1. The first-order valence-corrected chi connectivity index (χ1v) is 4.55. The Morgan fingerprint density at radius 2 is 2.00 bits per heavy atom. The van der Waals surface area contributed by atoms with Gasteiger partial charge in [0.25, 0.3) is 0 Å². The maximum Gasteiger partial charge on any atom is 0.0453 e. The van der Waals surface area contributed by atoms with Crippen LogP contribution in [0.3, 0.4) is 0 Å². The van der Waals surface area contributed by atoms with E-state index in [1.54, 1.807) is 0 Å². The summed E-state index contributed by atoms with van der Waals surface area (Å²) in [5.41, 5.74) is 2.34. The van der Waals surface area contributed by atoms with Gasteiger partial charge in [-0.1, -0.05) is 34.1 Å². The summed E-state index contributed by atoms with van der Waals surface area (Å²) >= 11 is 3.44. The van der Waals surface area contributed by atoms with Gasteiger partial charge in [0.15, 0.2) is 0 Å². The largest absolute Gasteiger partial charge is 0.361 e. The lowest BCUT2D eigenvalue weighted by molar-refractivity contribution is 1.57. The molecular weight excluding hydrogens is 214 g/mol. The molecule has 1 aliphatic heterocycles. The molecule has 2 heteroatoms. The highest BCUT2D eigenvalue weighted by molar-refractivity contribution is 9.12. The molecule has 1 heterocycles. The summed E-state index contributed by atoms with van der Waals surface area (Å²) in [6.45, 7) is 0. The average Bonchev–Trinajstić information content (AvgIpc) is 2.25. The number of allylic oxidation sites excluding steroid dienone is 2. The number of fused-ring (bicyclic) bond motifs is 1. The lowest BCUT2D eigenvalue weighted by Gasteiger charge is -2.02. The topological polar surface area (TPSA) is 12.0 Å². The average molecular weight is 222 g/mol. The minimum Gasteiger partial charge on any atom is -0.361 e. The van der Waals surface area contributed by atoms with Crippen molar-refractivity contribution in [3.8, 4) is 0 Å². The van der Waals surface area contributed by atoms with E-state index in [1.165, 1.54) is 5.56 Å². The van der Waals surface area contributed by atoms with Crippen LogP contribution in [0, 0.1) is 0 Å². The Kier molecular flexibility index (Phi) is 2.00. The molecule has 0 bridgehead atoms. The quantitative estimate of drug-likeness (QED) is 0.709. The highest BCUT2D eigenvalue weighted by Crippen LogP contribution is 2.23. The zero-order valence-electron chi connectivity index (χ0n) is 6.42. The second kappa shape index (κ2) is 3.15. The fourth-order valence-electron chi connectivity index (χ4n) is 1.16. The Bertz CT molecular complexity index is 353. The number of hydrogen-bond acceptors (Lipinski definition) is 1. The second-order valence-electron chi connectivity index (χ2n) is 2.59. The number of benzene rings is 1. The van der Waals surface area contributed by atoms with Gasteiger partial charge in [0, 0.05) is 16.4 Å². The molecule has 0 spiro atoms. The number of nitrogens with one attached hydrogen (secondary N) is 1. The van der Waals surface area contributed by atoms with Gasteiger partial charge in [0.05, 0.1) is 0 Å². The maximum absolute atomic E-state index is 3.44. The Balaban J connectivity index is 2.54. The lowest BCUT2D eigenvalue weighted by Crippen LogP contribution is -1.87. The number of halogens is 1. The van der Waals surface area contributed by atoms with E-state index in [9.17, 15) is 0 Å². The van der Waals surface area contributed by atoms with Crippen LogP contribution in [0.4, 0.5) is 5.69 Å². The van der Waals surface area contributed by atoms with E-state index in [1.807, 2.05) is 24.4 Å². The summed E-state index contributed by atoms with van der Waals surface area (Å²) in [7, 11) is 0. The van der Waals surface area contributed by atoms with Gasteiger partial charge in [0.2, 0.25) is 0 Å². The van der Waals surface area contributed by atoms with E-state index in [4.69, 9.17) is 0 Å². The molecule has 1 aromatic rings. The van der Waals surface area contributed by atoms with E-state index in [-0.39, 0.29) is 0 Å². The van der Waals surface area contributed by atoms with Crippen LogP contribution in [0.5, 0.6) is 0 Å². The molecule has 2 rings (SSSR count). The molecule has 0 atom stereocenters. The van der Waals surface area contributed by atoms with Crippen LogP contribution in [0.2, 0.25) is 0 Å².